The maximum atomic E-state index is 11.8. The fraction of sp³-hybridized carbons (Fsp3) is 0.778. The van der Waals surface area contributed by atoms with Crippen LogP contribution in [0.5, 0.6) is 0 Å². The molecule has 0 aromatic heterocycles. The van der Waals surface area contributed by atoms with Gasteiger partial charge in [0.1, 0.15) is 0 Å². The van der Waals surface area contributed by atoms with Gasteiger partial charge in [0.2, 0.25) is 0 Å². The highest BCUT2D eigenvalue weighted by atomic mass is 19.1. The van der Waals surface area contributed by atoms with E-state index >= 15 is 0 Å². The van der Waals surface area contributed by atoms with Gasteiger partial charge in [0, 0.05) is 6.54 Å². The van der Waals surface area contributed by atoms with Crippen molar-refractivity contribution in [2.24, 2.45) is 5.92 Å². The van der Waals surface area contributed by atoms with Crippen molar-refractivity contribution in [3.8, 4) is 0 Å². The summed E-state index contributed by atoms with van der Waals surface area (Å²) in [7, 11) is 0. The Bertz CT molecular complexity index is 200. The summed E-state index contributed by atoms with van der Waals surface area (Å²) in [6.07, 6.45) is 5.72. The standard InChI is InChI=1S/C9H14FNO2/c10-8(12)9(13)11-6-7-4-2-1-3-5-7/h7H,1-6H2,(H,11,13). The van der Waals surface area contributed by atoms with Gasteiger partial charge in [-0.1, -0.05) is 19.3 Å². The molecule has 0 aromatic carbocycles. The van der Waals surface area contributed by atoms with Crippen LogP contribution in [0.1, 0.15) is 32.1 Å². The molecule has 0 atom stereocenters. The van der Waals surface area contributed by atoms with Crippen LogP contribution in [-0.2, 0) is 9.59 Å². The Kier molecular flexibility index (Phi) is 3.86. The summed E-state index contributed by atoms with van der Waals surface area (Å²) in [6, 6.07) is -1.89. The molecule has 0 bridgehead atoms. The maximum Gasteiger partial charge on any atom is 0.388 e. The van der Waals surface area contributed by atoms with E-state index in [0.29, 0.717) is 12.5 Å². The van der Waals surface area contributed by atoms with Gasteiger partial charge in [-0.05, 0) is 18.8 Å². The van der Waals surface area contributed by atoms with Crippen LogP contribution in [0.25, 0.3) is 0 Å². The van der Waals surface area contributed by atoms with Crippen molar-refractivity contribution in [3.63, 3.8) is 0 Å². The van der Waals surface area contributed by atoms with Gasteiger partial charge >= 0.3 is 11.9 Å². The molecule has 4 heteroatoms. The second kappa shape index (κ2) is 4.94. The zero-order valence-corrected chi connectivity index (χ0v) is 7.51. The van der Waals surface area contributed by atoms with Gasteiger partial charge in [-0.25, -0.2) is 4.79 Å². The Morgan fingerprint density at radius 2 is 1.85 bits per heavy atom. The largest absolute Gasteiger partial charge is 0.388 e. The fourth-order valence-electron chi connectivity index (χ4n) is 1.70. The second-order valence-electron chi connectivity index (χ2n) is 3.49. The van der Waals surface area contributed by atoms with E-state index < -0.39 is 11.9 Å². The highest BCUT2D eigenvalue weighted by Crippen LogP contribution is 2.22. The zero-order valence-electron chi connectivity index (χ0n) is 7.51. The minimum Gasteiger partial charge on any atom is -0.347 e. The van der Waals surface area contributed by atoms with Crippen LogP contribution in [0, 0.1) is 5.92 Å². The SMILES string of the molecule is O=C(F)C(=O)NCC1CCCCC1. The van der Waals surface area contributed by atoms with E-state index in [1.54, 1.807) is 0 Å². The van der Waals surface area contributed by atoms with E-state index in [1.165, 1.54) is 19.3 Å². The van der Waals surface area contributed by atoms with E-state index in [9.17, 15) is 14.0 Å². The normalized spacial score (nSPS) is 18.2. The van der Waals surface area contributed by atoms with Crippen LogP contribution < -0.4 is 5.32 Å². The first-order chi connectivity index (χ1) is 6.20. The van der Waals surface area contributed by atoms with Crippen LogP contribution >= 0.6 is 0 Å². The average Bonchev–Trinajstić information content (AvgIpc) is 2.15. The van der Waals surface area contributed by atoms with E-state index in [1.807, 2.05) is 0 Å². The molecule has 1 aliphatic rings. The molecule has 0 radical (unpaired) electrons. The Balaban J connectivity index is 2.17. The molecular weight excluding hydrogens is 173 g/mol. The molecule has 1 rings (SSSR count). The summed E-state index contributed by atoms with van der Waals surface area (Å²) in [6.45, 7) is 0.439. The van der Waals surface area contributed by atoms with Crippen molar-refractivity contribution in [1.82, 2.24) is 5.32 Å². The molecule has 0 saturated heterocycles. The highest BCUT2D eigenvalue weighted by molar-refractivity contribution is 6.31. The van der Waals surface area contributed by atoms with Gasteiger partial charge in [-0.2, -0.15) is 4.39 Å². The third-order valence-electron chi connectivity index (χ3n) is 2.45. The van der Waals surface area contributed by atoms with Gasteiger partial charge in [0.05, 0.1) is 0 Å². The molecule has 0 unspecified atom stereocenters. The molecule has 74 valence electrons. The lowest BCUT2D eigenvalue weighted by atomic mass is 9.89. The number of halogens is 1. The van der Waals surface area contributed by atoms with Crippen molar-refractivity contribution in [1.29, 1.82) is 0 Å². The smallest absolute Gasteiger partial charge is 0.347 e. The first-order valence-corrected chi connectivity index (χ1v) is 4.68. The molecular formula is C9H14FNO2. The van der Waals surface area contributed by atoms with Gasteiger partial charge in [-0.3, -0.25) is 4.79 Å². The third kappa shape index (κ3) is 3.53. The summed E-state index contributed by atoms with van der Waals surface area (Å²) in [5.74, 6) is -0.678. The number of nitrogens with one attached hydrogen (secondary N) is 1. The maximum absolute atomic E-state index is 11.8. The molecule has 0 aromatic rings. The van der Waals surface area contributed by atoms with Crippen LogP contribution in [0.3, 0.4) is 0 Å². The van der Waals surface area contributed by atoms with E-state index in [-0.39, 0.29) is 0 Å². The predicted molar refractivity (Wildman–Crippen MR) is 45.7 cm³/mol. The summed E-state index contributed by atoms with van der Waals surface area (Å²) in [4.78, 5) is 20.5. The fourth-order valence-corrected chi connectivity index (χ4v) is 1.70. The van der Waals surface area contributed by atoms with Gasteiger partial charge < -0.3 is 5.32 Å². The summed E-state index contributed by atoms with van der Waals surface area (Å²) < 4.78 is 11.8. The van der Waals surface area contributed by atoms with E-state index in [4.69, 9.17) is 0 Å². The predicted octanol–water partition coefficient (Wildman–Crippen LogP) is 1.18. The first-order valence-electron chi connectivity index (χ1n) is 4.68. The summed E-state index contributed by atoms with van der Waals surface area (Å²) >= 11 is 0. The van der Waals surface area contributed by atoms with Crippen LogP contribution in [-0.4, -0.2) is 18.5 Å². The number of amides is 1. The van der Waals surface area contributed by atoms with Crippen LogP contribution in [0.15, 0.2) is 0 Å². The lowest BCUT2D eigenvalue weighted by Crippen LogP contribution is -2.33. The lowest BCUT2D eigenvalue weighted by molar-refractivity contribution is -0.144. The minimum absolute atomic E-state index is 0.428. The molecule has 1 N–H and O–H groups in total. The average molecular weight is 187 g/mol. The Labute approximate surface area is 76.7 Å². The zero-order chi connectivity index (χ0) is 9.68. The van der Waals surface area contributed by atoms with E-state index in [2.05, 4.69) is 5.32 Å². The topological polar surface area (TPSA) is 46.2 Å². The minimum atomic E-state index is -1.89. The van der Waals surface area contributed by atoms with Crippen molar-refractivity contribution >= 4 is 11.9 Å². The highest BCUT2D eigenvalue weighted by Gasteiger charge is 2.16. The molecule has 1 aliphatic carbocycles. The van der Waals surface area contributed by atoms with Gasteiger partial charge in [0.25, 0.3) is 0 Å². The number of carbonyl (C=O) groups is 2. The lowest BCUT2D eigenvalue weighted by Gasteiger charge is -2.21. The van der Waals surface area contributed by atoms with Crippen molar-refractivity contribution in [3.05, 3.63) is 0 Å². The van der Waals surface area contributed by atoms with Crippen LogP contribution in [0.4, 0.5) is 4.39 Å². The van der Waals surface area contributed by atoms with E-state index in [0.717, 1.165) is 12.8 Å². The van der Waals surface area contributed by atoms with Crippen LogP contribution in [0.2, 0.25) is 0 Å². The number of carbonyl (C=O) groups excluding carboxylic acids is 2. The number of hydrogen-bond donors (Lipinski definition) is 1. The molecule has 1 fully saturated rings. The molecule has 0 heterocycles. The summed E-state index contributed by atoms with van der Waals surface area (Å²) in [5.41, 5.74) is 0. The Morgan fingerprint density at radius 1 is 1.23 bits per heavy atom. The van der Waals surface area contributed by atoms with Crippen molar-refractivity contribution < 1.29 is 14.0 Å². The summed E-state index contributed by atoms with van der Waals surface area (Å²) in [5, 5.41) is 2.29. The first kappa shape index (κ1) is 10.2. The van der Waals surface area contributed by atoms with Gasteiger partial charge in [0.15, 0.2) is 0 Å². The number of hydrogen-bond acceptors (Lipinski definition) is 2. The quantitative estimate of drug-likeness (QED) is 0.532. The monoisotopic (exact) mass is 187 g/mol. The van der Waals surface area contributed by atoms with Crippen molar-refractivity contribution in [2.45, 2.75) is 32.1 Å². The molecule has 1 saturated carbocycles. The second-order valence-corrected chi connectivity index (χ2v) is 3.49. The molecule has 0 spiro atoms. The molecule has 0 aliphatic heterocycles. The third-order valence-corrected chi connectivity index (χ3v) is 2.45. The number of rotatable bonds is 3. The van der Waals surface area contributed by atoms with Crippen molar-refractivity contribution in [2.75, 3.05) is 6.54 Å². The van der Waals surface area contributed by atoms with Gasteiger partial charge in [-0.15, -0.1) is 0 Å². The molecule has 1 amide bonds. The Morgan fingerprint density at radius 3 is 2.38 bits per heavy atom. The molecule has 3 nitrogen and oxygen atoms in total. The Hall–Kier alpha value is -0.930. The molecule has 13 heavy (non-hydrogen) atoms.